The van der Waals surface area contributed by atoms with Gasteiger partial charge in [0.25, 0.3) is 0 Å². The molecule has 0 radical (unpaired) electrons. The highest BCUT2D eigenvalue weighted by molar-refractivity contribution is 4.68. The fourth-order valence-electron chi connectivity index (χ4n) is 1.79. The predicted molar refractivity (Wildman–Crippen MR) is 63.5 cm³/mol. The van der Waals surface area contributed by atoms with Gasteiger partial charge in [0, 0.05) is 6.54 Å². The summed E-state index contributed by atoms with van der Waals surface area (Å²) in [7, 11) is 0. The number of rotatable bonds is 7. The van der Waals surface area contributed by atoms with E-state index in [9.17, 15) is 5.11 Å². The Bertz CT molecular complexity index is 170. The van der Waals surface area contributed by atoms with Crippen LogP contribution >= 0.6 is 0 Å². The van der Waals surface area contributed by atoms with Crippen molar-refractivity contribution in [2.75, 3.05) is 32.9 Å². The molecule has 0 amide bonds. The predicted octanol–water partition coefficient (Wildman–Crippen LogP) is 0.788. The van der Waals surface area contributed by atoms with Gasteiger partial charge in [0.1, 0.15) is 6.10 Å². The lowest BCUT2D eigenvalue weighted by Gasteiger charge is -2.23. The molecule has 1 rings (SSSR count). The molecule has 2 unspecified atom stereocenters. The Morgan fingerprint density at radius 3 is 2.81 bits per heavy atom. The monoisotopic (exact) mass is 231 g/mol. The molecule has 1 aliphatic heterocycles. The summed E-state index contributed by atoms with van der Waals surface area (Å²) in [5.41, 5.74) is 0. The number of ether oxygens (including phenoxy) is 2. The largest absolute Gasteiger partial charge is 0.388 e. The van der Waals surface area contributed by atoms with E-state index in [1.54, 1.807) is 0 Å². The molecule has 0 aromatic rings. The molecule has 2 atom stereocenters. The van der Waals surface area contributed by atoms with Gasteiger partial charge in [-0.1, -0.05) is 0 Å². The van der Waals surface area contributed by atoms with Crippen molar-refractivity contribution in [2.24, 2.45) is 5.92 Å². The average molecular weight is 231 g/mol. The standard InChI is InChI=1S/C12H25NO3/c1-10(2)16-9-12(14)8-15-7-11-4-3-5-13-6-11/h10-14H,3-9H2,1-2H3. The first-order valence-electron chi connectivity index (χ1n) is 6.26. The molecule has 1 fully saturated rings. The van der Waals surface area contributed by atoms with Crippen LogP contribution in [0.5, 0.6) is 0 Å². The summed E-state index contributed by atoms with van der Waals surface area (Å²) >= 11 is 0. The van der Waals surface area contributed by atoms with Crippen LogP contribution in [-0.4, -0.2) is 50.2 Å². The first-order valence-corrected chi connectivity index (χ1v) is 6.26. The maximum atomic E-state index is 9.56. The molecule has 4 nitrogen and oxygen atoms in total. The summed E-state index contributed by atoms with van der Waals surface area (Å²) < 4.78 is 10.8. The lowest BCUT2D eigenvalue weighted by molar-refractivity contribution is -0.0419. The van der Waals surface area contributed by atoms with Gasteiger partial charge >= 0.3 is 0 Å². The second-order valence-electron chi connectivity index (χ2n) is 4.79. The quantitative estimate of drug-likeness (QED) is 0.680. The van der Waals surface area contributed by atoms with Gasteiger partial charge in [-0.15, -0.1) is 0 Å². The van der Waals surface area contributed by atoms with Crippen LogP contribution in [0.1, 0.15) is 26.7 Å². The van der Waals surface area contributed by atoms with Crippen molar-refractivity contribution in [1.82, 2.24) is 5.32 Å². The van der Waals surface area contributed by atoms with E-state index in [0.29, 0.717) is 19.1 Å². The van der Waals surface area contributed by atoms with Crippen LogP contribution in [-0.2, 0) is 9.47 Å². The van der Waals surface area contributed by atoms with Gasteiger partial charge in [0.05, 0.1) is 25.9 Å². The molecule has 0 bridgehead atoms. The number of piperidine rings is 1. The van der Waals surface area contributed by atoms with Gasteiger partial charge in [-0.05, 0) is 39.2 Å². The summed E-state index contributed by atoms with van der Waals surface area (Å²) in [6.07, 6.45) is 2.12. The van der Waals surface area contributed by atoms with Crippen molar-refractivity contribution in [3.05, 3.63) is 0 Å². The summed E-state index contributed by atoms with van der Waals surface area (Å²) in [5.74, 6) is 0.604. The molecule has 0 saturated carbocycles. The summed E-state index contributed by atoms with van der Waals surface area (Å²) in [4.78, 5) is 0. The molecular weight excluding hydrogens is 206 g/mol. The Balaban J connectivity index is 1.96. The molecule has 1 aliphatic rings. The number of nitrogens with one attached hydrogen (secondary N) is 1. The Labute approximate surface area is 98.3 Å². The van der Waals surface area contributed by atoms with Crippen LogP contribution in [0, 0.1) is 5.92 Å². The third kappa shape index (κ3) is 6.43. The molecule has 16 heavy (non-hydrogen) atoms. The molecule has 0 aliphatic carbocycles. The lowest BCUT2D eigenvalue weighted by atomic mass is 10.0. The van der Waals surface area contributed by atoms with Crippen LogP contribution < -0.4 is 5.32 Å². The van der Waals surface area contributed by atoms with E-state index in [1.165, 1.54) is 12.8 Å². The van der Waals surface area contributed by atoms with Crippen LogP contribution in [0.2, 0.25) is 0 Å². The zero-order valence-electron chi connectivity index (χ0n) is 10.4. The maximum Gasteiger partial charge on any atom is 0.101 e. The van der Waals surface area contributed by atoms with E-state index in [4.69, 9.17) is 9.47 Å². The summed E-state index contributed by atoms with van der Waals surface area (Å²) in [5, 5.41) is 12.9. The topological polar surface area (TPSA) is 50.7 Å². The second-order valence-corrected chi connectivity index (χ2v) is 4.79. The summed E-state index contributed by atoms with van der Waals surface area (Å²) in [6.45, 7) is 7.57. The van der Waals surface area contributed by atoms with Crippen molar-refractivity contribution in [2.45, 2.75) is 38.9 Å². The van der Waals surface area contributed by atoms with Crippen LogP contribution in [0.15, 0.2) is 0 Å². The molecule has 0 spiro atoms. The minimum atomic E-state index is -0.501. The number of aliphatic hydroxyl groups excluding tert-OH is 1. The Morgan fingerprint density at radius 2 is 2.19 bits per heavy atom. The second kappa shape index (κ2) is 8.01. The van der Waals surface area contributed by atoms with Crippen molar-refractivity contribution in [3.63, 3.8) is 0 Å². The SMILES string of the molecule is CC(C)OCC(O)COCC1CCCNC1. The van der Waals surface area contributed by atoms with Gasteiger partial charge in [0.15, 0.2) is 0 Å². The third-order valence-corrected chi connectivity index (χ3v) is 2.68. The number of hydrogen-bond acceptors (Lipinski definition) is 4. The van der Waals surface area contributed by atoms with Crippen LogP contribution in [0.25, 0.3) is 0 Å². The van der Waals surface area contributed by atoms with Crippen molar-refractivity contribution in [1.29, 1.82) is 0 Å². The fourth-order valence-corrected chi connectivity index (χ4v) is 1.79. The van der Waals surface area contributed by atoms with Gasteiger partial charge < -0.3 is 19.9 Å². The minimum Gasteiger partial charge on any atom is -0.388 e. The van der Waals surface area contributed by atoms with Gasteiger partial charge in [-0.25, -0.2) is 0 Å². The van der Waals surface area contributed by atoms with E-state index in [-0.39, 0.29) is 6.10 Å². The van der Waals surface area contributed by atoms with Gasteiger partial charge in [-0.2, -0.15) is 0 Å². The molecule has 0 aromatic carbocycles. The molecule has 1 heterocycles. The maximum absolute atomic E-state index is 9.56. The Morgan fingerprint density at radius 1 is 1.38 bits per heavy atom. The molecule has 96 valence electrons. The zero-order chi connectivity index (χ0) is 11.8. The molecular formula is C12H25NO3. The average Bonchev–Trinajstić information content (AvgIpc) is 2.28. The fraction of sp³-hybridized carbons (Fsp3) is 1.00. The normalized spacial score (nSPS) is 23.6. The minimum absolute atomic E-state index is 0.164. The molecule has 1 saturated heterocycles. The molecule has 0 aromatic heterocycles. The Kier molecular flexibility index (Phi) is 6.96. The van der Waals surface area contributed by atoms with E-state index in [0.717, 1.165) is 19.7 Å². The number of aliphatic hydroxyl groups is 1. The highest BCUT2D eigenvalue weighted by Crippen LogP contribution is 2.10. The third-order valence-electron chi connectivity index (χ3n) is 2.68. The van der Waals surface area contributed by atoms with E-state index < -0.39 is 6.10 Å². The number of hydrogen-bond donors (Lipinski definition) is 2. The first kappa shape index (κ1) is 13.9. The smallest absolute Gasteiger partial charge is 0.101 e. The summed E-state index contributed by atoms with van der Waals surface area (Å²) in [6, 6.07) is 0. The van der Waals surface area contributed by atoms with E-state index in [2.05, 4.69) is 5.32 Å². The van der Waals surface area contributed by atoms with Crippen molar-refractivity contribution < 1.29 is 14.6 Å². The Hall–Kier alpha value is -0.160. The molecule has 4 heteroatoms. The van der Waals surface area contributed by atoms with Gasteiger partial charge in [-0.3, -0.25) is 0 Å². The van der Waals surface area contributed by atoms with Crippen molar-refractivity contribution >= 4 is 0 Å². The zero-order valence-corrected chi connectivity index (χ0v) is 10.4. The lowest BCUT2D eigenvalue weighted by Crippen LogP contribution is -2.33. The molecule has 2 N–H and O–H groups in total. The first-order chi connectivity index (χ1) is 7.68. The highest BCUT2D eigenvalue weighted by Gasteiger charge is 2.14. The van der Waals surface area contributed by atoms with Crippen LogP contribution in [0.4, 0.5) is 0 Å². The van der Waals surface area contributed by atoms with E-state index in [1.807, 2.05) is 13.8 Å². The van der Waals surface area contributed by atoms with Crippen molar-refractivity contribution in [3.8, 4) is 0 Å². The van der Waals surface area contributed by atoms with Crippen LogP contribution in [0.3, 0.4) is 0 Å². The highest BCUT2D eigenvalue weighted by atomic mass is 16.5. The van der Waals surface area contributed by atoms with Gasteiger partial charge in [0.2, 0.25) is 0 Å². The van der Waals surface area contributed by atoms with E-state index >= 15 is 0 Å².